The van der Waals surface area contributed by atoms with Crippen LogP contribution in [0.2, 0.25) is 0 Å². The maximum absolute atomic E-state index is 12.8. The Kier molecular flexibility index (Phi) is 3.73. The molecule has 2 amide bonds. The lowest BCUT2D eigenvalue weighted by Gasteiger charge is -2.42. The quantitative estimate of drug-likeness (QED) is 0.173. The monoisotopic (exact) mass is 441 g/mol. The first kappa shape index (κ1) is 14.3. The number of amides is 2. The van der Waals surface area contributed by atoms with E-state index in [9.17, 15) is 27.9 Å². The highest BCUT2D eigenvalue weighted by Crippen LogP contribution is 2.23. The van der Waals surface area contributed by atoms with Crippen molar-refractivity contribution in [3.05, 3.63) is 11.1 Å². The molecule has 1 aromatic heterocycles. The van der Waals surface area contributed by atoms with Crippen molar-refractivity contribution in [2.24, 2.45) is 5.16 Å². The van der Waals surface area contributed by atoms with Crippen LogP contribution in [-0.4, -0.2) is 68.5 Å². The zero-order valence-electron chi connectivity index (χ0n) is 19.8. The number of anilines is 1. The summed E-state index contributed by atoms with van der Waals surface area (Å²) in [5.41, 5.74) is 0.228. The predicted octanol–water partition coefficient (Wildman–Crippen LogP) is -1.17. The van der Waals surface area contributed by atoms with Gasteiger partial charge in [-0.25, -0.2) is 14.1 Å². The Morgan fingerprint density at radius 3 is 2.61 bits per heavy atom. The molecule has 5 N–H and O–H groups in total. The number of nitrogens with one attached hydrogen (secondary N) is 1. The molecule has 2 heterocycles. The van der Waals surface area contributed by atoms with Gasteiger partial charge in [-0.2, -0.15) is 8.42 Å². The molecular weight excluding hydrogens is 418 g/mol. The van der Waals surface area contributed by atoms with Crippen molar-refractivity contribution in [3.8, 4) is 0 Å². The van der Waals surface area contributed by atoms with Crippen molar-refractivity contribution in [1.29, 1.82) is 0 Å². The van der Waals surface area contributed by atoms with Crippen LogP contribution in [0.15, 0.2) is 10.5 Å². The zero-order chi connectivity index (χ0) is 26.4. The van der Waals surface area contributed by atoms with Crippen LogP contribution in [0.1, 0.15) is 34.5 Å². The maximum atomic E-state index is 12.8. The minimum Gasteiger partial charge on any atom is -0.478 e. The summed E-state index contributed by atoms with van der Waals surface area (Å²) in [7, 11) is -4.91. The third kappa shape index (κ3) is 4.20. The Balaban J connectivity index is 2.49. The number of oxime groups is 1. The molecule has 0 aliphatic carbocycles. The number of nitrogens with two attached hydrogens (primary N) is 1. The fourth-order valence-electron chi connectivity index (χ4n) is 2.07. The van der Waals surface area contributed by atoms with Gasteiger partial charge in [0.1, 0.15) is 11.7 Å². The Hall–Kier alpha value is -2.78. The van der Waals surface area contributed by atoms with Gasteiger partial charge >= 0.3 is 16.3 Å². The summed E-state index contributed by atoms with van der Waals surface area (Å²) in [6.45, 7) is -6.44. The molecule has 0 unspecified atom stereocenters. The first-order valence-electron chi connectivity index (χ1n) is 10.1. The van der Waals surface area contributed by atoms with Crippen molar-refractivity contribution in [2.75, 3.05) is 5.73 Å². The molecule has 1 aromatic rings. The normalized spacial score (nSPS) is 24.6. The fourth-order valence-corrected chi connectivity index (χ4v) is 3.50. The second-order valence-electron chi connectivity index (χ2n) is 5.39. The third-order valence-corrected chi connectivity index (χ3v) is 5.11. The van der Waals surface area contributed by atoms with Gasteiger partial charge in [-0.15, -0.1) is 11.3 Å². The Bertz CT molecular complexity index is 1130. The van der Waals surface area contributed by atoms with Crippen LogP contribution < -0.4 is 11.1 Å². The number of rotatable bonds is 7. The summed E-state index contributed by atoms with van der Waals surface area (Å²) in [5.74, 6) is -5.01. The van der Waals surface area contributed by atoms with E-state index in [2.05, 4.69) is 15.0 Å². The number of hydrogen-bond acceptors (Lipinski definition) is 10. The number of hydrogen-bond donors (Lipinski definition) is 4. The summed E-state index contributed by atoms with van der Waals surface area (Å²) in [5, 5.41) is 15.6. The number of carbonyl (C=O) groups is 3. The molecule has 0 spiro atoms. The lowest BCUT2D eigenvalue weighted by molar-refractivity contribution is -0.161. The Morgan fingerprint density at radius 1 is 1.54 bits per heavy atom. The highest BCUT2D eigenvalue weighted by atomic mass is 32.2. The highest BCUT2D eigenvalue weighted by molar-refractivity contribution is 7.84. The van der Waals surface area contributed by atoms with Crippen molar-refractivity contribution < 1.29 is 45.5 Å². The second-order valence-corrected chi connectivity index (χ2v) is 7.57. The highest BCUT2D eigenvalue weighted by Gasteiger charge is 2.51. The number of nitrogens with zero attached hydrogens (tertiary/aromatic N) is 3. The van der Waals surface area contributed by atoms with E-state index in [1.807, 2.05) is 5.32 Å². The molecule has 13 nitrogen and oxygen atoms in total. The first-order valence-corrected chi connectivity index (χ1v) is 9.36. The van der Waals surface area contributed by atoms with E-state index >= 15 is 0 Å². The van der Waals surface area contributed by atoms with E-state index in [0.717, 1.165) is 23.6 Å². The van der Waals surface area contributed by atoms with Gasteiger partial charge in [0.25, 0.3) is 11.8 Å². The molecule has 154 valence electrons. The molecule has 15 heteroatoms. The number of aromatic nitrogens is 1. The molecule has 1 fully saturated rings. The van der Waals surface area contributed by atoms with Gasteiger partial charge in [0.15, 0.2) is 10.8 Å². The van der Waals surface area contributed by atoms with Crippen LogP contribution in [0.25, 0.3) is 0 Å². The molecule has 1 saturated heterocycles. The predicted molar refractivity (Wildman–Crippen MR) is 95.7 cm³/mol. The number of β-lactam (4-membered cyclic amide) rings is 1. The standard InChI is InChI=1S/C13H17N5O8S2/c1-5-7(10(20)18(5)28(23,24)25)16-9(19)8(6-4-27-12(14)15-6)17-26-13(2,3)11(21)22/h4-5,7H,1-3H3,(H2,14,15)(H,16,19)(H,21,22)(H,23,24,25)/b17-8+/t5-,7-/m0/s1/i2D3,3D3. The van der Waals surface area contributed by atoms with E-state index < -0.39 is 70.9 Å². The number of nitrogen functional groups attached to an aromatic ring is 1. The summed E-state index contributed by atoms with van der Waals surface area (Å²) in [6.07, 6.45) is 0. The molecule has 2 atom stereocenters. The molecular formula is C13H17N5O8S2. The first-order chi connectivity index (χ1) is 15.3. The van der Waals surface area contributed by atoms with Gasteiger partial charge in [0.2, 0.25) is 5.60 Å². The van der Waals surface area contributed by atoms with Gasteiger partial charge in [-0.3, -0.25) is 14.1 Å². The van der Waals surface area contributed by atoms with E-state index in [0.29, 0.717) is 0 Å². The maximum Gasteiger partial charge on any atom is 0.362 e. The van der Waals surface area contributed by atoms with Crippen molar-refractivity contribution in [3.63, 3.8) is 0 Å². The van der Waals surface area contributed by atoms with Crippen LogP contribution in [-0.2, 0) is 29.5 Å². The molecule has 2 rings (SSSR count). The lowest BCUT2D eigenvalue weighted by atomic mass is 10.0. The summed E-state index contributed by atoms with van der Waals surface area (Å²) < 4.78 is 75.9. The van der Waals surface area contributed by atoms with Gasteiger partial charge in [0, 0.05) is 13.6 Å². The van der Waals surface area contributed by atoms with Crippen molar-refractivity contribution in [1.82, 2.24) is 14.6 Å². The van der Waals surface area contributed by atoms with Gasteiger partial charge in [-0.1, -0.05) is 5.16 Å². The summed E-state index contributed by atoms with van der Waals surface area (Å²) >= 11 is 0.769. The zero-order valence-corrected chi connectivity index (χ0v) is 15.4. The van der Waals surface area contributed by atoms with Gasteiger partial charge in [0.05, 0.1) is 6.04 Å². The average Bonchev–Trinajstić information content (AvgIpc) is 3.05. The summed E-state index contributed by atoms with van der Waals surface area (Å²) in [4.78, 5) is 44.8. The molecule has 0 aromatic carbocycles. The SMILES string of the molecule is [2H]C([2H])([2H])C(O/N=C(/C(=O)N[C@@H]1C(=O)N(S(=O)(=O)O)[C@H]1C)c1csc(N)n1)(C(=O)O)C([2H])([2H])[2H]. The van der Waals surface area contributed by atoms with Gasteiger partial charge in [-0.05, 0) is 20.6 Å². The smallest absolute Gasteiger partial charge is 0.362 e. The number of carbonyl (C=O) groups excluding carboxylic acids is 2. The van der Waals surface area contributed by atoms with Crippen LogP contribution in [0.4, 0.5) is 5.13 Å². The second kappa shape index (κ2) is 7.33. The number of carboxylic acid groups (broad SMARTS) is 1. The number of aliphatic carboxylic acids is 1. The van der Waals surface area contributed by atoms with Crippen molar-refractivity contribution in [2.45, 2.75) is 38.3 Å². The van der Waals surface area contributed by atoms with Crippen molar-refractivity contribution >= 4 is 50.3 Å². The van der Waals surface area contributed by atoms with Crippen LogP contribution in [0, 0.1) is 0 Å². The largest absolute Gasteiger partial charge is 0.478 e. The van der Waals surface area contributed by atoms with Crippen LogP contribution in [0.3, 0.4) is 0 Å². The number of thiazole rings is 1. The van der Waals surface area contributed by atoms with Gasteiger partial charge < -0.3 is 21.0 Å². The Morgan fingerprint density at radius 2 is 2.18 bits per heavy atom. The lowest BCUT2D eigenvalue weighted by Crippen LogP contribution is -2.71. The number of carboxylic acids is 1. The molecule has 0 bridgehead atoms. The van der Waals surface area contributed by atoms with E-state index in [4.69, 9.17) is 18.5 Å². The Labute approximate surface area is 171 Å². The van der Waals surface area contributed by atoms with Crippen LogP contribution >= 0.6 is 11.3 Å². The average molecular weight is 441 g/mol. The minimum absolute atomic E-state index is 0.0742. The minimum atomic E-state index is -4.91. The van der Waals surface area contributed by atoms with E-state index in [1.54, 1.807) is 0 Å². The molecule has 0 radical (unpaired) electrons. The molecule has 1 aliphatic heterocycles. The van der Waals surface area contributed by atoms with Crippen LogP contribution in [0.5, 0.6) is 0 Å². The summed E-state index contributed by atoms with van der Waals surface area (Å²) in [6, 6.07) is -2.76. The molecule has 1 aliphatic rings. The van der Waals surface area contributed by atoms with E-state index in [-0.39, 0.29) is 9.44 Å². The molecule has 0 saturated carbocycles. The fraction of sp³-hybridized carbons (Fsp3) is 0.462. The van der Waals surface area contributed by atoms with E-state index in [1.165, 1.54) is 0 Å². The molecule has 28 heavy (non-hydrogen) atoms. The third-order valence-electron chi connectivity index (χ3n) is 3.43. The topological polar surface area (TPSA) is 202 Å².